The van der Waals surface area contributed by atoms with E-state index in [0.29, 0.717) is 29.3 Å². The van der Waals surface area contributed by atoms with Gasteiger partial charge < -0.3 is 20.0 Å². The molecule has 6 heteroatoms. The van der Waals surface area contributed by atoms with Crippen molar-refractivity contribution < 1.29 is 19.0 Å². The molecular weight excluding hydrogens is 296 g/mol. The van der Waals surface area contributed by atoms with Gasteiger partial charge in [0.2, 0.25) is 0 Å². The van der Waals surface area contributed by atoms with E-state index in [4.69, 9.17) is 9.47 Å². The van der Waals surface area contributed by atoms with Gasteiger partial charge in [0.25, 0.3) is 5.91 Å². The summed E-state index contributed by atoms with van der Waals surface area (Å²) in [6.07, 6.45) is 3.43. The largest absolute Gasteiger partial charge is 0.619 e. The first-order valence-corrected chi connectivity index (χ1v) is 7.53. The summed E-state index contributed by atoms with van der Waals surface area (Å²) in [6, 6.07) is 8.55. The highest BCUT2D eigenvalue weighted by molar-refractivity contribution is 5.93. The number of ether oxygens (including phenoxy) is 2. The summed E-state index contributed by atoms with van der Waals surface area (Å²) in [5.41, 5.74) is 1.23. The number of nitrogens with one attached hydrogen (secondary N) is 1. The number of nitrogens with zero attached hydrogens (tertiary/aromatic N) is 1. The van der Waals surface area contributed by atoms with Gasteiger partial charge in [0.15, 0.2) is 23.9 Å². The van der Waals surface area contributed by atoms with Crippen LogP contribution in [0.1, 0.15) is 35.3 Å². The third-order valence-corrected chi connectivity index (χ3v) is 3.66. The van der Waals surface area contributed by atoms with Crippen LogP contribution in [0.4, 0.5) is 0 Å². The molecule has 0 saturated carbocycles. The van der Waals surface area contributed by atoms with Gasteiger partial charge in [-0.15, -0.1) is 0 Å². The van der Waals surface area contributed by atoms with Crippen LogP contribution < -0.4 is 19.5 Å². The molecule has 1 aromatic carbocycles. The van der Waals surface area contributed by atoms with Crippen LogP contribution in [-0.2, 0) is 0 Å². The number of fused-ring (bicyclic) bond motifs is 1. The second kappa shape index (κ2) is 6.56. The van der Waals surface area contributed by atoms with E-state index in [1.54, 1.807) is 12.1 Å². The fourth-order valence-corrected chi connectivity index (χ4v) is 2.40. The highest BCUT2D eigenvalue weighted by atomic mass is 16.5. The molecule has 0 spiro atoms. The van der Waals surface area contributed by atoms with Crippen LogP contribution in [0.3, 0.4) is 0 Å². The van der Waals surface area contributed by atoms with E-state index in [0.717, 1.165) is 17.7 Å². The predicted molar refractivity (Wildman–Crippen MR) is 83.3 cm³/mol. The van der Waals surface area contributed by atoms with Crippen LogP contribution in [-0.4, -0.2) is 19.1 Å². The number of aromatic nitrogens is 1. The lowest BCUT2D eigenvalue weighted by molar-refractivity contribution is -0.605. The van der Waals surface area contributed by atoms with Gasteiger partial charge in [-0.1, -0.05) is 6.07 Å². The Morgan fingerprint density at radius 3 is 2.83 bits per heavy atom. The van der Waals surface area contributed by atoms with Gasteiger partial charge in [-0.25, -0.2) is 0 Å². The Morgan fingerprint density at radius 1 is 1.26 bits per heavy atom. The minimum atomic E-state index is -0.296. The van der Waals surface area contributed by atoms with Crippen molar-refractivity contribution in [2.45, 2.75) is 19.4 Å². The molecule has 1 aliphatic rings. The first-order valence-electron chi connectivity index (χ1n) is 7.53. The fraction of sp³-hybridized carbons (Fsp3) is 0.294. The molecule has 0 aliphatic carbocycles. The highest BCUT2D eigenvalue weighted by Crippen LogP contribution is 2.32. The molecule has 23 heavy (non-hydrogen) atoms. The van der Waals surface area contributed by atoms with Crippen molar-refractivity contribution in [1.29, 1.82) is 0 Å². The van der Waals surface area contributed by atoms with E-state index in [1.807, 2.05) is 25.1 Å². The Hall–Kier alpha value is -2.76. The lowest BCUT2D eigenvalue weighted by Crippen LogP contribution is -2.31. The van der Waals surface area contributed by atoms with Crippen LogP contribution in [0.5, 0.6) is 11.5 Å². The summed E-state index contributed by atoms with van der Waals surface area (Å²) < 4.78 is 11.9. The van der Waals surface area contributed by atoms with Crippen molar-refractivity contribution in [1.82, 2.24) is 5.32 Å². The standard InChI is InChI=1S/C17H18N2O4/c1-12(18-17(20)14-4-2-7-19(21)11-14)13-5-6-15-16(10-13)23-9-3-8-22-15/h2,4-7,10-12H,3,8-9H2,1H3,(H,18,20)/t12-/m0/s1. The summed E-state index contributed by atoms with van der Waals surface area (Å²) in [5.74, 6) is 1.12. The van der Waals surface area contributed by atoms with E-state index < -0.39 is 0 Å². The molecule has 1 N–H and O–H groups in total. The van der Waals surface area contributed by atoms with Gasteiger partial charge in [-0.05, 0) is 30.7 Å². The third-order valence-electron chi connectivity index (χ3n) is 3.66. The molecule has 1 amide bonds. The van der Waals surface area contributed by atoms with Crippen molar-refractivity contribution >= 4 is 5.91 Å². The molecule has 3 rings (SSSR count). The number of pyridine rings is 1. The number of hydrogen-bond donors (Lipinski definition) is 1. The molecule has 0 radical (unpaired) electrons. The molecule has 0 saturated heterocycles. The van der Waals surface area contributed by atoms with E-state index in [1.165, 1.54) is 12.4 Å². The lowest BCUT2D eigenvalue weighted by atomic mass is 10.1. The molecule has 2 aromatic rings. The Kier molecular flexibility index (Phi) is 4.32. The van der Waals surface area contributed by atoms with Crippen LogP contribution in [0.25, 0.3) is 0 Å². The molecule has 1 atom stereocenters. The van der Waals surface area contributed by atoms with Crippen molar-refractivity contribution in [2.75, 3.05) is 13.2 Å². The number of rotatable bonds is 3. The maximum absolute atomic E-state index is 12.2. The summed E-state index contributed by atoms with van der Waals surface area (Å²) >= 11 is 0. The Labute approximate surface area is 134 Å². The van der Waals surface area contributed by atoms with Crippen molar-refractivity contribution in [3.05, 3.63) is 59.1 Å². The van der Waals surface area contributed by atoms with Crippen LogP contribution in [0.15, 0.2) is 42.7 Å². The Bertz CT molecular complexity index is 717. The van der Waals surface area contributed by atoms with Crippen LogP contribution in [0, 0.1) is 5.21 Å². The molecule has 0 fully saturated rings. The molecule has 0 unspecified atom stereocenters. The van der Waals surface area contributed by atoms with Crippen molar-refractivity contribution in [2.24, 2.45) is 0 Å². The second-order valence-electron chi connectivity index (χ2n) is 5.40. The van der Waals surface area contributed by atoms with Gasteiger partial charge in [0, 0.05) is 12.5 Å². The zero-order valence-electron chi connectivity index (χ0n) is 12.8. The quantitative estimate of drug-likeness (QED) is 0.694. The van der Waals surface area contributed by atoms with Crippen LogP contribution in [0.2, 0.25) is 0 Å². The first kappa shape index (κ1) is 15.1. The maximum Gasteiger partial charge on any atom is 0.257 e. The topological polar surface area (TPSA) is 74.5 Å². The molecule has 6 nitrogen and oxygen atoms in total. The van der Waals surface area contributed by atoms with Gasteiger partial charge in [-0.2, -0.15) is 4.73 Å². The first-order chi connectivity index (χ1) is 11.1. The fourth-order valence-electron chi connectivity index (χ4n) is 2.40. The molecule has 120 valence electrons. The summed E-state index contributed by atoms with van der Waals surface area (Å²) in [7, 11) is 0. The van der Waals surface area contributed by atoms with Gasteiger partial charge >= 0.3 is 0 Å². The second-order valence-corrected chi connectivity index (χ2v) is 5.40. The summed E-state index contributed by atoms with van der Waals surface area (Å²) in [5, 5.41) is 14.1. The Morgan fingerprint density at radius 2 is 2.04 bits per heavy atom. The molecule has 0 bridgehead atoms. The van der Waals surface area contributed by atoms with Gasteiger partial charge in [0.05, 0.1) is 19.3 Å². The highest BCUT2D eigenvalue weighted by Gasteiger charge is 2.16. The number of amides is 1. The van der Waals surface area contributed by atoms with Crippen LogP contribution >= 0.6 is 0 Å². The van der Waals surface area contributed by atoms with E-state index >= 15 is 0 Å². The van der Waals surface area contributed by atoms with Crippen molar-refractivity contribution in [3.8, 4) is 11.5 Å². The number of carbonyl (C=O) groups excluding carboxylic acids is 1. The Balaban J connectivity index is 1.74. The minimum Gasteiger partial charge on any atom is -0.619 e. The molecule has 2 heterocycles. The average Bonchev–Trinajstić information content (AvgIpc) is 2.79. The number of carbonyl (C=O) groups is 1. The molecule has 1 aliphatic heterocycles. The average molecular weight is 314 g/mol. The molecule has 1 aromatic heterocycles. The van der Waals surface area contributed by atoms with E-state index in [-0.39, 0.29) is 11.9 Å². The predicted octanol–water partition coefficient (Wildman–Crippen LogP) is 1.97. The minimum absolute atomic E-state index is 0.222. The smallest absolute Gasteiger partial charge is 0.257 e. The molecular formula is C17H18N2O4. The van der Waals surface area contributed by atoms with E-state index in [9.17, 15) is 10.0 Å². The number of benzene rings is 1. The van der Waals surface area contributed by atoms with Gasteiger partial charge in [-0.3, -0.25) is 4.79 Å². The SMILES string of the molecule is C[C@H](NC(=O)c1ccc[n+]([O-])c1)c1ccc2c(c1)OCCCO2. The van der Waals surface area contributed by atoms with Crippen molar-refractivity contribution in [3.63, 3.8) is 0 Å². The van der Waals surface area contributed by atoms with Gasteiger partial charge in [0.1, 0.15) is 5.56 Å². The summed E-state index contributed by atoms with van der Waals surface area (Å²) in [6.45, 7) is 3.14. The maximum atomic E-state index is 12.2. The third kappa shape index (κ3) is 3.53. The lowest BCUT2D eigenvalue weighted by Gasteiger charge is -2.16. The number of hydrogen-bond acceptors (Lipinski definition) is 4. The van der Waals surface area contributed by atoms with E-state index in [2.05, 4.69) is 5.32 Å². The normalized spacial score (nSPS) is 14.7. The zero-order valence-corrected chi connectivity index (χ0v) is 12.8. The zero-order chi connectivity index (χ0) is 16.2. The monoisotopic (exact) mass is 314 g/mol. The summed E-state index contributed by atoms with van der Waals surface area (Å²) in [4.78, 5) is 12.2.